The Morgan fingerprint density at radius 1 is 1.43 bits per heavy atom. The number of carbonyl (C=O) groups is 1. The molecule has 6 heteroatoms. The third-order valence-corrected chi connectivity index (χ3v) is 4.12. The molecule has 3 N–H and O–H groups in total. The molecule has 0 bridgehead atoms. The van der Waals surface area contributed by atoms with Crippen molar-refractivity contribution in [2.24, 2.45) is 5.84 Å². The normalized spacial score (nSPS) is 17.2. The van der Waals surface area contributed by atoms with Crippen molar-refractivity contribution < 1.29 is 9.18 Å². The summed E-state index contributed by atoms with van der Waals surface area (Å²) in [4.78, 5) is 16.0. The van der Waals surface area contributed by atoms with E-state index in [4.69, 9.17) is 5.84 Å². The van der Waals surface area contributed by atoms with E-state index in [-0.39, 0.29) is 5.82 Å². The van der Waals surface area contributed by atoms with Crippen molar-refractivity contribution in [2.45, 2.75) is 25.4 Å². The molecule has 0 saturated carbocycles. The topological polar surface area (TPSA) is 61.6 Å². The predicted molar refractivity (Wildman–Crippen MR) is 80.0 cm³/mol. The predicted octanol–water partition coefficient (Wildman–Crippen LogP) is 0.955. The molecule has 2 rings (SSSR count). The van der Waals surface area contributed by atoms with Crippen LogP contribution in [-0.2, 0) is 6.54 Å². The van der Waals surface area contributed by atoms with E-state index in [1.54, 1.807) is 6.07 Å². The van der Waals surface area contributed by atoms with Crippen molar-refractivity contribution in [3.63, 3.8) is 0 Å². The molecule has 5 nitrogen and oxygen atoms in total. The molecular weight excluding hydrogens is 271 g/mol. The van der Waals surface area contributed by atoms with Crippen LogP contribution < -0.4 is 11.3 Å². The third-order valence-electron chi connectivity index (χ3n) is 4.12. The fraction of sp³-hybridized carbons (Fsp3) is 0.533. The minimum absolute atomic E-state index is 0.279. The lowest BCUT2D eigenvalue weighted by Crippen LogP contribution is -2.41. The van der Waals surface area contributed by atoms with Crippen LogP contribution in [0, 0.1) is 5.82 Å². The zero-order valence-corrected chi connectivity index (χ0v) is 12.6. The molecule has 0 aliphatic carbocycles. The molecule has 0 spiro atoms. The summed E-state index contributed by atoms with van der Waals surface area (Å²) in [5.74, 6) is 4.43. The van der Waals surface area contributed by atoms with Crippen molar-refractivity contribution in [3.8, 4) is 0 Å². The second kappa shape index (κ2) is 6.98. The summed E-state index contributed by atoms with van der Waals surface area (Å²) < 4.78 is 13.9. The van der Waals surface area contributed by atoms with Crippen molar-refractivity contribution in [1.82, 2.24) is 15.2 Å². The van der Waals surface area contributed by atoms with Gasteiger partial charge in [0.1, 0.15) is 5.82 Å². The van der Waals surface area contributed by atoms with Gasteiger partial charge in [0.25, 0.3) is 5.91 Å². The summed E-state index contributed by atoms with van der Waals surface area (Å²) >= 11 is 0. The van der Waals surface area contributed by atoms with Gasteiger partial charge >= 0.3 is 0 Å². The van der Waals surface area contributed by atoms with Crippen LogP contribution in [0.5, 0.6) is 0 Å². The smallest absolute Gasteiger partial charge is 0.265 e. The number of halogens is 1. The van der Waals surface area contributed by atoms with E-state index in [0.29, 0.717) is 23.7 Å². The molecule has 1 fully saturated rings. The first-order valence-electron chi connectivity index (χ1n) is 7.19. The van der Waals surface area contributed by atoms with Crippen LogP contribution in [0.4, 0.5) is 4.39 Å². The molecule has 116 valence electrons. The Bertz CT molecular complexity index is 498. The van der Waals surface area contributed by atoms with E-state index in [9.17, 15) is 9.18 Å². The minimum atomic E-state index is -0.400. The zero-order valence-electron chi connectivity index (χ0n) is 12.6. The molecule has 1 aliphatic heterocycles. The van der Waals surface area contributed by atoms with Crippen LogP contribution in [0.3, 0.4) is 0 Å². The highest BCUT2D eigenvalue weighted by molar-refractivity contribution is 5.93. The number of hydrazine groups is 1. The Balaban J connectivity index is 2.01. The number of likely N-dealkylation sites (tertiary alicyclic amines) is 1. The molecule has 1 heterocycles. The summed E-state index contributed by atoms with van der Waals surface area (Å²) in [6, 6.07) is 4.95. The molecular formula is C15H23FN4O. The molecule has 0 radical (unpaired) electrons. The summed E-state index contributed by atoms with van der Waals surface area (Å²) in [7, 11) is 4.18. The maximum atomic E-state index is 13.9. The second-order valence-electron chi connectivity index (χ2n) is 5.75. The van der Waals surface area contributed by atoms with Crippen LogP contribution in [0.1, 0.15) is 28.8 Å². The van der Waals surface area contributed by atoms with E-state index >= 15 is 0 Å². The van der Waals surface area contributed by atoms with Gasteiger partial charge in [0, 0.05) is 23.7 Å². The summed E-state index contributed by atoms with van der Waals surface area (Å²) in [6.07, 6.45) is 2.16. The highest BCUT2D eigenvalue weighted by Gasteiger charge is 2.21. The quantitative estimate of drug-likeness (QED) is 0.493. The number of piperidine rings is 1. The van der Waals surface area contributed by atoms with Gasteiger partial charge in [0.2, 0.25) is 0 Å². The molecule has 0 unspecified atom stereocenters. The van der Waals surface area contributed by atoms with Crippen molar-refractivity contribution >= 4 is 5.91 Å². The average Bonchev–Trinajstić information content (AvgIpc) is 2.49. The number of nitrogens with one attached hydrogen (secondary N) is 1. The van der Waals surface area contributed by atoms with Gasteiger partial charge in [-0.3, -0.25) is 15.1 Å². The van der Waals surface area contributed by atoms with E-state index in [1.165, 1.54) is 12.1 Å². The molecule has 21 heavy (non-hydrogen) atoms. The minimum Gasteiger partial charge on any atom is -0.306 e. The van der Waals surface area contributed by atoms with Gasteiger partial charge in [0.05, 0.1) is 0 Å². The SMILES string of the molecule is CN(C)C1CCN(Cc2cc(C(=O)NN)ccc2F)CC1. The number of nitrogens with zero attached hydrogens (tertiary/aromatic N) is 2. The van der Waals surface area contributed by atoms with Crippen LogP contribution in [0.25, 0.3) is 0 Å². The van der Waals surface area contributed by atoms with Crippen LogP contribution >= 0.6 is 0 Å². The monoisotopic (exact) mass is 294 g/mol. The van der Waals surface area contributed by atoms with Gasteiger partial charge in [-0.25, -0.2) is 10.2 Å². The van der Waals surface area contributed by atoms with E-state index in [2.05, 4.69) is 29.3 Å². The number of nitrogens with two attached hydrogens (primary N) is 1. The Kier molecular flexibility index (Phi) is 5.27. The summed E-state index contributed by atoms with van der Waals surface area (Å²) in [5.41, 5.74) is 3.00. The van der Waals surface area contributed by atoms with Gasteiger partial charge in [-0.1, -0.05) is 0 Å². The van der Waals surface area contributed by atoms with Gasteiger partial charge in [-0.2, -0.15) is 0 Å². The largest absolute Gasteiger partial charge is 0.306 e. The Hall–Kier alpha value is -1.50. The fourth-order valence-electron chi connectivity index (χ4n) is 2.76. The lowest BCUT2D eigenvalue weighted by Gasteiger charge is -2.35. The number of hydrogen-bond donors (Lipinski definition) is 2. The fourth-order valence-corrected chi connectivity index (χ4v) is 2.76. The molecule has 1 aromatic rings. The number of amides is 1. The van der Waals surface area contributed by atoms with Gasteiger partial charge in [-0.15, -0.1) is 0 Å². The first-order chi connectivity index (χ1) is 10.0. The first kappa shape index (κ1) is 15.9. The van der Waals surface area contributed by atoms with Crippen LogP contribution in [-0.4, -0.2) is 48.9 Å². The highest BCUT2D eigenvalue weighted by Crippen LogP contribution is 2.19. The Morgan fingerprint density at radius 3 is 2.67 bits per heavy atom. The maximum Gasteiger partial charge on any atom is 0.265 e. The zero-order chi connectivity index (χ0) is 15.4. The Labute approximate surface area is 124 Å². The van der Waals surface area contributed by atoms with Gasteiger partial charge in [0.15, 0.2) is 0 Å². The van der Waals surface area contributed by atoms with Crippen LogP contribution in [0.15, 0.2) is 18.2 Å². The van der Waals surface area contributed by atoms with Crippen LogP contribution in [0.2, 0.25) is 0 Å². The molecule has 0 atom stereocenters. The highest BCUT2D eigenvalue weighted by atomic mass is 19.1. The number of benzene rings is 1. The third kappa shape index (κ3) is 4.00. The standard InChI is InChI=1S/C15H23FN4O/c1-19(2)13-5-7-20(8-6-13)10-12-9-11(15(21)18-17)3-4-14(12)16/h3-4,9,13H,5-8,10,17H2,1-2H3,(H,18,21). The van der Waals surface area contributed by atoms with Gasteiger partial charge in [-0.05, 0) is 58.2 Å². The molecule has 1 aromatic carbocycles. The number of nitrogen functional groups attached to an aromatic ring is 1. The number of hydrogen-bond acceptors (Lipinski definition) is 4. The van der Waals surface area contributed by atoms with Crippen molar-refractivity contribution in [2.75, 3.05) is 27.2 Å². The summed E-state index contributed by atoms with van der Waals surface area (Å²) in [5, 5.41) is 0. The Morgan fingerprint density at radius 2 is 2.10 bits per heavy atom. The van der Waals surface area contributed by atoms with Gasteiger partial charge < -0.3 is 4.90 Å². The number of rotatable bonds is 4. The van der Waals surface area contributed by atoms with E-state index in [1.807, 2.05) is 0 Å². The average molecular weight is 294 g/mol. The lowest BCUT2D eigenvalue weighted by atomic mass is 10.0. The maximum absolute atomic E-state index is 13.9. The lowest BCUT2D eigenvalue weighted by molar-refractivity contribution is 0.0953. The van der Waals surface area contributed by atoms with Crippen molar-refractivity contribution in [3.05, 3.63) is 35.1 Å². The number of carbonyl (C=O) groups excluding carboxylic acids is 1. The molecule has 1 saturated heterocycles. The molecule has 1 aliphatic rings. The van der Waals surface area contributed by atoms with E-state index in [0.717, 1.165) is 25.9 Å². The molecule has 0 aromatic heterocycles. The second-order valence-corrected chi connectivity index (χ2v) is 5.75. The van der Waals surface area contributed by atoms with Crippen molar-refractivity contribution in [1.29, 1.82) is 0 Å². The molecule has 1 amide bonds. The van der Waals surface area contributed by atoms with E-state index < -0.39 is 5.91 Å². The summed E-state index contributed by atoms with van der Waals surface area (Å²) in [6.45, 7) is 2.41. The first-order valence-corrected chi connectivity index (χ1v) is 7.19.